The summed E-state index contributed by atoms with van der Waals surface area (Å²) in [4.78, 5) is 12.3. The second-order valence-electron chi connectivity index (χ2n) is 5.59. The van der Waals surface area contributed by atoms with Gasteiger partial charge in [-0.05, 0) is 29.7 Å². The second-order valence-corrected chi connectivity index (χ2v) is 5.59. The minimum absolute atomic E-state index is 0.230. The average molecular weight is 340 g/mol. The van der Waals surface area contributed by atoms with E-state index in [1.165, 1.54) is 0 Å². The number of ether oxygens (including phenoxy) is 2. The molecular weight excluding hydrogens is 316 g/mol. The van der Waals surface area contributed by atoms with Gasteiger partial charge in [-0.15, -0.1) is 6.58 Å². The number of amides is 1. The van der Waals surface area contributed by atoms with Crippen molar-refractivity contribution in [3.05, 3.63) is 71.8 Å². The summed E-state index contributed by atoms with van der Waals surface area (Å²) in [5, 5.41) is 2.87. The molecule has 0 spiro atoms. The molecule has 3 N–H and O–H groups in total. The highest BCUT2D eigenvalue weighted by Crippen LogP contribution is 2.33. The quantitative estimate of drug-likeness (QED) is 0.725. The molecule has 0 aliphatic carbocycles. The number of carbonyl (C=O) groups is 1. The molecule has 1 unspecified atom stereocenters. The Morgan fingerprint density at radius 3 is 2.56 bits per heavy atom. The van der Waals surface area contributed by atoms with Gasteiger partial charge in [-0.1, -0.05) is 36.4 Å². The van der Waals surface area contributed by atoms with Gasteiger partial charge in [0.15, 0.2) is 11.5 Å². The fourth-order valence-corrected chi connectivity index (χ4v) is 2.63. The maximum absolute atomic E-state index is 12.3. The number of rotatable bonds is 8. The summed E-state index contributed by atoms with van der Waals surface area (Å²) in [6, 6.07) is 12.4. The summed E-state index contributed by atoms with van der Waals surface area (Å²) in [6.07, 6.45) is 2.44. The Labute approximate surface area is 148 Å². The first-order valence-corrected chi connectivity index (χ1v) is 8.03. The molecule has 0 radical (unpaired) electrons. The van der Waals surface area contributed by atoms with Crippen molar-refractivity contribution in [3.8, 4) is 11.5 Å². The number of hydrogen-bond donors (Lipinski definition) is 2. The Kier molecular flexibility index (Phi) is 6.60. The van der Waals surface area contributed by atoms with Gasteiger partial charge in [-0.3, -0.25) is 4.79 Å². The molecule has 2 aromatic carbocycles. The summed E-state index contributed by atoms with van der Waals surface area (Å²) in [6.45, 7) is 4.12. The van der Waals surface area contributed by atoms with Crippen molar-refractivity contribution in [2.24, 2.45) is 5.73 Å². The van der Waals surface area contributed by atoms with Gasteiger partial charge in [-0.2, -0.15) is 0 Å². The molecule has 5 nitrogen and oxygen atoms in total. The molecule has 0 saturated heterocycles. The number of nitrogens with two attached hydrogens (primary N) is 1. The maximum atomic E-state index is 12.3. The van der Waals surface area contributed by atoms with Gasteiger partial charge in [0, 0.05) is 12.1 Å². The summed E-state index contributed by atoms with van der Waals surface area (Å²) in [7, 11) is 3.19. The fraction of sp³-hybridized carbons (Fsp3) is 0.250. The van der Waals surface area contributed by atoms with Crippen molar-refractivity contribution in [1.82, 2.24) is 5.32 Å². The Balaban J connectivity index is 2.13. The molecule has 0 aromatic heterocycles. The van der Waals surface area contributed by atoms with Crippen LogP contribution in [-0.2, 0) is 17.8 Å². The van der Waals surface area contributed by atoms with E-state index in [0.717, 1.165) is 16.7 Å². The van der Waals surface area contributed by atoms with Crippen molar-refractivity contribution >= 4 is 5.91 Å². The van der Waals surface area contributed by atoms with Gasteiger partial charge in [0.2, 0.25) is 5.91 Å². The van der Waals surface area contributed by atoms with Gasteiger partial charge in [0.25, 0.3) is 0 Å². The van der Waals surface area contributed by atoms with Crippen LogP contribution in [0, 0.1) is 0 Å². The van der Waals surface area contributed by atoms with E-state index in [1.54, 1.807) is 20.3 Å². The normalized spacial score (nSPS) is 11.5. The van der Waals surface area contributed by atoms with Crippen molar-refractivity contribution < 1.29 is 14.3 Å². The molecule has 0 bridgehead atoms. The average Bonchev–Trinajstić information content (AvgIpc) is 2.65. The van der Waals surface area contributed by atoms with E-state index in [1.807, 2.05) is 42.5 Å². The molecule has 0 fully saturated rings. The van der Waals surface area contributed by atoms with Crippen LogP contribution in [0.2, 0.25) is 0 Å². The van der Waals surface area contributed by atoms with Crippen molar-refractivity contribution in [2.75, 3.05) is 14.2 Å². The molecule has 0 aliphatic rings. The lowest BCUT2D eigenvalue weighted by Crippen LogP contribution is -2.33. The number of carbonyl (C=O) groups excluding carboxylic acids is 1. The van der Waals surface area contributed by atoms with Crippen LogP contribution >= 0.6 is 0 Å². The Morgan fingerprint density at radius 1 is 1.24 bits per heavy atom. The zero-order valence-corrected chi connectivity index (χ0v) is 14.6. The lowest BCUT2D eigenvalue weighted by molar-refractivity contribution is -0.122. The number of allylic oxidation sites excluding steroid dienone is 1. The molecular formula is C20H24N2O3. The molecule has 0 heterocycles. The van der Waals surface area contributed by atoms with Crippen molar-refractivity contribution in [2.45, 2.75) is 19.0 Å². The number of hydrogen-bond acceptors (Lipinski definition) is 4. The molecule has 2 aromatic rings. The van der Waals surface area contributed by atoms with Crippen LogP contribution in [0.1, 0.15) is 22.7 Å². The predicted molar refractivity (Wildman–Crippen MR) is 98.7 cm³/mol. The number of nitrogens with one attached hydrogen (secondary N) is 1. The first kappa shape index (κ1) is 18.5. The summed E-state index contributed by atoms with van der Waals surface area (Å²) in [5.74, 6) is 1.07. The fourth-order valence-electron chi connectivity index (χ4n) is 2.63. The predicted octanol–water partition coefficient (Wildman–Crippen LogP) is 2.75. The van der Waals surface area contributed by atoms with Gasteiger partial charge in [-0.25, -0.2) is 0 Å². The highest BCUT2D eigenvalue weighted by atomic mass is 16.5. The van der Waals surface area contributed by atoms with Crippen LogP contribution in [0.25, 0.3) is 0 Å². The molecule has 1 atom stereocenters. The van der Waals surface area contributed by atoms with Crippen LogP contribution in [-0.4, -0.2) is 20.1 Å². The third kappa shape index (κ3) is 4.61. The molecule has 0 saturated carbocycles. The van der Waals surface area contributed by atoms with E-state index < -0.39 is 6.04 Å². The van der Waals surface area contributed by atoms with Gasteiger partial charge in [0.1, 0.15) is 6.04 Å². The zero-order valence-electron chi connectivity index (χ0n) is 14.6. The highest BCUT2D eigenvalue weighted by Gasteiger charge is 2.16. The molecule has 25 heavy (non-hydrogen) atoms. The number of methoxy groups -OCH3 is 2. The van der Waals surface area contributed by atoms with E-state index in [2.05, 4.69) is 11.9 Å². The second kappa shape index (κ2) is 8.89. The van der Waals surface area contributed by atoms with E-state index in [9.17, 15) is 4.79 Å². The standard InChI is InChI=1S/C20H24N2O3/c1-4-8-16-11-14(12-17(24-2)19(16)25-3)13-22-20(23)18(21)15-9-6-5-7-10-15/h4-7,9-12,18H,1,8,13,21H2,2-3H3,(H,22,23). The van der Waals surface area contributed by atoms with Gasteiger partial charge < -0.3 is 20.5 Å². The Morgan fingerprint density at radius 2 is 1.96 bits per heavy atom. The third-order valence-corrected chi connectivity index (χ3v) is 3.89. The SMILES string of the molecule is C=CCc1cc(CNC(=O)C(N)c2ccccc2)cc(OC)c1OC. The Hall–Kier alpha value is -2.79. The molecule has 5 heteroatoms. The summed E-state index contributed by atoms with van der Waals surface area (Å²) < 4.78 is 10.8. The first-order valence-electron chi connectivity index (χ1n) is 8.03. The van der Waals surface area contributed by atoms with E-state index in [-0.39, 0.29) is 5.91 Å². The monoisotopic (exact) mass is 340 g/mol. The smallest absolute Gasteiger partial charge is 0.241 e. The van der Waals surface area contributed by atoms with Crippen LogP contribution in [0.3, 0.4) is 0 Å². The van der Waals surface area contributed by atoms with Gasteiger partial charge >= 0.3 is 0 Å². The lowest BCUT2D eigenvalue weighted by Gasteiger charge is -2.16. The molecule has 1 amide bonds. The minimum Gasteiger partial charge on any atom is -0.493 e. The molecule has 0 aliphatic heterocycles. The van der Waals surface area contributed by atoms with Gasteiger partial charge in [0.05, 0.1) is 14.2 Å². The summed E-state index contributed by atoms with van der Waals surface area (Å²) in [5.41, 5.74) is 8.65. The van der Waals surface area contributed by atoms with Crippen molar-refractivity contribution in [3.63, 3.8) is 0 Å². The topological polar surface area (TPSA) is 73.6 Å². The first-order chi connectivity index (χ1) is 12.1. The lowest BCUT2D eigenvalue weighted by atomic mass is 10.0. The van der Waals surface area contributed by atoms with Crippen LogP contribution in [0.4, 0.5) is 0 Å². The molecule has 2 rings (SSSR count). The van der Waals surface area contributed by atoms with Crippen LogP contribution in [0.15, 0.2) is 55.1 Å². The minimum atomic E-state index is -0.700. The summed E-state index contributed by atoms with van der Waals surface area (Å²) >= 11 is 0. The van der Waals surface area contributed by atoms with E-state index in [4.69, 9.17) is 15.2 Å². The van der Waals surface area contributed by atoms with Crippen LogP contribution < -0.4 is 20.5 Å². The van der Waals surface area contributed by atoms with E-state index >= 15 is 0 Å². The highest BCUT2D eigenvalue weighted by molar-refractivity contribution is 5.82. The zero-order chi connectivity index (χ0) is 18.2. The largest absolute Gasteiger partial charge is 0.493 e. The maximum Gasteiger partial charge on any atom is 0.241 e. The van der Waals surface area contributed by atoms with E-state index in [0.29, 0.717) is 24.5 Å². The molecule has 132 valence electrons. The van der Waals surface area contributed by atoms with Crippen LogP contribution in [0.5, 0.6) is 11.5 Å². The third-order valence-electron chi connectivity index (χ3n) is 3.89. The Bertz CT molecular complexity index is 729. The van der Waals surface area contributed by atoms with Crippen molar-refractivity contribution in [1.29, 1.82) is 0 Å². The number of benzene rings is 2.